The van der Waals surface area contributed by atoms with E-state index < -0.39 is 0 Å². The van der Waals surface area contributed by atoms with Gasteiger partial charge in [0.2, 0.25) is 0 Å². The first-order valence-electron chi connectivity index (χ1n) is 7.68. The van der Waals surface area contributed by atoms with Crippen LogP contribution in [0.3, 0.4) is 0 Å². The number of rotatable bonds is 4. The fourth-order valence-electron chi connectivity index (χ4n) is 2.66. The van der Waals surface area contributed by atoms with Crippen LogP contribution in [0.2, 0.25) is 0 Å². The SMILES string of the molecule is O=[N+]([O-])c1ccc(-c2nc(-c3ccccc3)c(-c3ccccc3)[nH]2)s1. The molecule has 0 atom stereocenters. The average molecular weight is 347 g/mol. The molecule has 1 N–H and O–H groups in total. The molecule has 0 saturated carbocycles. The minimum Gasteiger partial charge on any atom is -0.337 e. The predicted molar refractivity (Wildman–Crippen MR) is 99.4 cm³/mol. The minimum atomic E-state index is -0.382. The lowest BCUT2D eigenvalue weighted by molar-refractivity contribution is -0.380. The number of hydrogen-bond acceptors (Lipinski definition) is 4. The predicted octanol–water partition coefficient (Wildman–Crippen LogP) is 5.38. The highest BCUT2D eigenvalue weighted by atomic mass is 32.1. The zero-order valence-corrected chi connectivity index (χ0v) is 13.9. The molecule has 2 aromatic heterocycles. The molecule has 0 bridgehead atoms. The van der Waals surface area contributed by atoms with E-state index in [0.29, 0.717) is 5.82 Å². The number of nitrogens with one attached hydrogen (secondary N) is 1. The van der Waals surface area contributed by atoms with Gasteiger partial charge in [-0.2, -0.15) is 0 Å². The highest BCUT2D eigenvalue weighted by Gasteiger charge is 2.18. The summed E-state index contributed by atoms with van der Waals surface area (Å²) in [7, 11) is 0. The highest BCUT2D eigenvalue weighted by molar-refractivity contribution is 7.18. The summed E-state index contributed by atoms with van der Waals surface area (Å²) in [5.41, 5.74) is 3.75. The van der Waals surface area contributed by atoms with E-state index in [9.17, 15) is 10.1 Å². The molecule has 5 nitrogen and oxygen atoms in total. The van der Waals surface area contributed by atoms with Gasteiger partial charge in [-0.25, -0.2) is 4.98 Å². The van der Waals surface area contributed by atoms with E-state index in [0.717, 1.165) is 38.7 Å². The lowest BCUT2D eigenvalue weighted by atomic mass is 10.1. The van der Waals surface area contributed by atoms with Crippen LogP contribution in [-0.4, -0.2) is 14.9 Å². The summed E-state index contributed by atoms with van der Waals surface area (Å²) >= 11 is 1.11. The van der Waals surface area contributed by atoms with Crippen LogP contribution in [-0.2, 0) is 0 Å². The fraction of sp³-hybridized carbons (Fsp3) is 0. The van der Waals surface area contributed by atoms with E-state index in [2.05, 4.69) is 4.98 Å². The summed E-state index contributed by atoms with van der Waals surface area (Å²) < 4.78 is 0. The molecule has 2 aromatic carbocycles. The molecule has 0 radical (unpaired) electrons. The lowest BCUT2D eigenvalue weighted by Gasteiger charge is -2.02. The van der Waals surface area contributed by atoms with Crippen LogP contribution in [0.25, 0.3) is 33.2 Å². The van der Waals surface area contributed by atoms with Gasteiger partial charge in [-0.1, -0.05) is 72.0 Å². The van der Waals surface area contributed by atoms with Gasteiger partial charge in [0.05, 0.1) is 21.2 Å². The lowest BCUT2D eigenvalue weighted by Crippen LogP contribution is -1.82. The van der Waals surface area contributed by atoms with E-state index in [4.69, 9.17) is 4.98 Å². The molecule has 0 spiro atoms. The third-order valence-electron chi connectivity index (χ3n) is 3.82. The molecule has 2 heterocycles. The molecule has 0 amide bonds. The number of nitrogens with zero attached hydrogens (tertiary/aromatic N) is 2. The summed E-state index contributed by atoms with van der Waals surface area (Å²) in [6.07, 6.45) is 0. The van der Waals surface area contributed by atoms with Crippen LogP contribution in [0.1, 0.15) is 0 Å². The number of aromatic amines is 1. The molecule has 0 fully saturated rings. The Kier molecular flexibility index (Phi) is 3.87. The standard InChI is InChI=1S/C19H13N3O2S/c23-22(24)16-12-11-15(25-16)19-20-17(13-7-3-1-4-8-13)18(21-19)14-9-5-2-6-10-14/h1-12H,(H,20,21). The van der Waals surface area contributed by atoms with Crippen LogP contribution in [0.4, 0.5) is 5.00 Å². The van der Waals surface area contributed by atoms with Crippen LogP contribution < -0.4 is 0 Å². The molecule has 0 aliphatic carbocycles. The second-order valence-electron chi connectivity index (χ2n) is 5.44. The smallest absolute Gasteiger partial charge is 0.324 e. The molecule has 0 aliphatic heterocycles. The Balaban J connectivity index is 1.87. The van der Waals surface area contributed by atoms with E-state index in [1.54, 1.807) is 6.07 Å². The van der Waals surface area contributed by atoms with Crippen LogP contribution in [0, 0.1) is 10.1 Å². The van der Waals surface area contributed by atoms with Crippen LogP contribution in [0.5, 0.6) is 0 Å². The molecule has 25 heavy (non-hydrogen) atoms. The Hall–Kier alpha value is -3.25. The van der Waals surface area contributed by atoms with Gasteiger partial charge in [0.15, 0.2) is 0 Å². The molecule has 4 aromatic rings. The Morgan fingerprint density at radius 2 is 1.52 bits per heavy atom. The van der Waals surface area contributed by atoms with Crippen molar-refractivity contribution in [2.24, 2.45) is 0 Å². The monoisotopic (exact) mass is 347 g/mol. The number of H-pyrrole nitrogens is 1. The van der Waals surface area contributed by atoms with Crippen molar-refractivity contribution >= 4 is 16.3 Å². The summed E-state index contributed by atoms with van der Waals surface area (Å²) in [6, 6.07) is 23.1. The molecule has 4 rings (SSSR count). The third kappa shape index (κ3) is 2.95. The maximum absolute atomic E-state index is 10.9. The van der Waals surface area contributed by atoms with Gasteiger partial charge in [-0.3, -0.25) is 10.1 Å². The van der Waals surface area contributed by atoms with E-state index in [1.807, 2.05) is 60.7 Å². The first-order valence-corrected chi connectivity index (χ1v) is 8.49. The van der Waals surface area contributed by atoms with Gasteiger partial charge in [0.1, 0.15) is 5.82 Å². The van der Waals surface area contributed by atoms with E-state index in [1.165, 1.54) is 6.07 Å². The van der Waals surface area contributed by atoms with Crippen molar-refractivity contribution in [3.63, 3.8) is 0 Å². The second kappa shape index (κ2) is 6.33. The quantitative estimate of drug-likeness (QED) is 0.398. The van der Waals surface area contributed by atoms with Crippen molar-refractivity contribution < 1.29 is 4.92 Å². The highest BCUT2D eigenvalue weighted by Crippen LogP contribution is 2.36. The second-order valence-corrected chi connectivity index (χ2v) is 6.50. The summed E-state index contributed by atoms with van der Waals surface area (Å²) in [5.74, 6) is 0.635. The molecular weight excluding hydrogens is 334 g/mol. The van der Waals surface area contributed by atoms with Crippen LogP contribution >= 0.6 is 11.3 Å². The Morgan fingerprint density at radius 1 is 0.880 bits per heavy atom. The first-order chi connectivity index (χ1) is 12.2. The van der Waals surface area contributed by atoms with Gasteiger partial charge < -0.3 is 4.98 Å². The topological polar surface area (TPSA) is 71.8 Å². The molecular formula is C19H13N3O2S. The first kappa shape index (κ1) is 15.3. The number of nitro groups is 1. The third-order valence-corrected chi connectivity index (χ3v) is 4.86. The van der Waals surface area contributed by atoms with E-state index >= 15 is 0 Å². The largest absolute Gasteiger partial charge is 0.337 e. The zero-order valence-electron chi connectivity index (χ0n) is 13.0. The average Bonchev–Trinajstić information content (AvgIpc) is 3.30. The fourth-order valence-corrected chi connectivity index (χ4v) is 3.43. The number of benzene rings is 2. The molecule has 6 heteroatoms. The van der Waals surface area contributed by atoms with Crippen molar-refractivity contribution in [2.45, 2.75) is 0 Å². The molecule has 122 valence electrons. The zero-order chi connectivity index (χ0) is 17.2. The normalized spacial score (nSPS) is 10.7. The number of hydrogen-bond donors (Lipinski definition) is 1. The number of imidazole rings is 1. The van der Waals surface area contributed by atoms with Crippen molar-refractivity contribution in [1.29, 1.82) is 0 Å². The minimum absolute atomic E-state index is 0.105. The summed E-state index contributed by atoms with van der Waals surface area (Å²) in [6.45, 7) is 0. The Morgan fingerprint density at radius 3 is 2.12 bits per heavy atom. The van der Waals surface area contributed by atoms with Crippen molar-refractivity contribution in [1.82, 2.24) is 9.97 Å². The van der Waals surface area contributed by atoms with Gasteiger partial charge in [-0.05, 0) is 6.07 Å². The number of thiophene rings is 1. The van der Waals surface area contributed by atoms with Gasteiger partial charge in [-0.15, -0.1) is 0 Å². The van der Waals surface area contributed by atoms with Crippen molar-refractivity contribution in [3.8, 4) is 33.2 Å². The Bertz CT molecular complexity index is 966. The van der Waals surface area contributed by atoms with Gasteiger partial charge >= 0.3 is 5.00 Å². The maximum Gasteiger partial charge on any atom is 0.324 e. The Labute approximate surface area is 147 Å². The van der Waals surface area contributed by atoms with Crippen molar-refractivity contribution in [2.75, 3.05) is 0 Å². The van der Waals surface area contributed by atoms with E-state index in [-0.39, 0.29) is 9.92 Å². The van der Waals surface area contributed by atoms with Crippen molar-refractivity contribution in [3.05, 3.63) is 82.9 Å². The summed E-state index contributed by atoms with van der Waals surface area (Å²) in [5, 5.41) is 11.1. The molecule has 0 aliphatic rings. The molecule has 0 saturated heterocycles. The van der Waals surface area contributed by atoms with Gasteiger partial charge in [0.25, 0.3) is 0 Å². The van der Waals surface area contributed by atoms with Crippen LogP contribution in [0.15, 0.2) is 72.8 Å². The maximum atomic E-state index is 10.9. The van der Waals surface area contributed by atoms with Gasteiger partial charge in [0, 0.05) is 17.2 Å². The number of aromatic nitrogens is 2. The summed E-state index contributed by atoms with van der Waals surface area (Å²) in [4.78, 5) is 19.4. The molecule has 0 unspecified atom stereocenters.